The molecule has 1 aromatic heterocycles. The second kappa shape index (κ2) is 8.81. The van der Waals surface area contributed by atoms with Gasteiger partial charge in [-0.3, -0.25) is 14.4 Å². The van der Waals surface area contributed by atoms with Gasteiger partial charge in [-0.05, 0) is 47.8 Å². The molecule has 1 aliphatic heterocycles. The molecule has 1 saturated heterocycles. The Morgan fingerprint density at radius 1 is 1.00 bits per heavy atom. The Balaban J connectivity index is 1.40. The molecule has 0 bridgehead atoms. The number of benzene rings is 2. The summed E-state index contributed by atoms with van der Waals surface area (Å²) in [6.45, 7) is 0.329. The molecule has 0 radical (unpaired) electrons. The Morgan fingerprint density at radius 3 is 2.50 bits per heavy atom. The Morgan fingerprint density at radius 2 is 1.77 bits per heavy atom. The highest BCUT2D eigenvalue weighted by Crippen LogP contribution is 2.28. The van der Waals surface area contributed by atoms with E-state index in [4.69, 9.17) is 0 Å². The minimum atomic E-state index is -0.444. The Bertz CT molecular complexity index is 1100. The topological polar surface area (TPSA) is 78.5 Å². The van der Waals surface area contributed by atoms with Gasteiger partial charge in [0.05, 0.1) is 10.8 Å². The van der Waals surface area contributed by atoms with Crippen molar-refractivity contribution in [3.8, 4) is 0 Å². The van der Waals surface area contributed by atoms with E-state index in [2.05, 4.69) is 26.6 Å². The normalized spacial score (nSPS) is 15.8. The van der Waals surface area contributed by atoms with E-state index in [0.29, 0.717) is 22.8 Å². The number of halogens is 1. The molecule has 3 aromatic rings. The quantitative estimate of drug-likeness (QED) is 0.549. The third-order valence-electron chi connectivity index (χ3n) is 4.75. The highest BCUT2D eigenvalue weighted by Gasteiger charge is 2.35. The van der Waals surface area contributed by atoms with Gasteiger partial charge in [-0.2, -0.15) is 0 Å². The fourth-order valence-electron chi connectivity index (χ4n) is 3.30. The Kier molecular flexibility index (Phi) is 5.96. The van der Waals surface area contributed by atoms with Crippen LogP contribution in [0.3, 0.4) is 0 Å². The molecule has 1 aliphatic rings. The zero-order valence-electron chi connectivity index (χ0n) is 15.8. The Labute approximate surface area is 186 Å². The summed E-state index contributed by atoms with van der Waals surface area (Å²) < 4.78 is 0.877. The molecule has 2 heterocycles. The number of rotatable bonds is 5. The van der Waals surface area contributed by atoms with Crippen LogP contribution in [-0.2, 0) is 9.59 Å². The number of anilines is 3. The molecule has 8 heteroatoms. The molecule has 30 heavy (non-hydrogen) atoms. The van der Waals surface area contributed by atoms with E-state index in [1.165, 1.54) is 11.3 Å². The van der Waals surface area contributed by atoms with Crippen molar-refractivity contribution >= 4 is 62.1 Å². The van der Waals surface area contributed by atoms with Gasteiger partial charge in [0.15, 0.2) is 0 Å². The van der Waals surface area contributed by atoms with Crippen LogP contribution in [0.5, 0.6) is 0 Å². The summed E-state index contributed by atoms with van der Waals surface area (Å²) in [6.07, 6.45) is 0.160. The number of nitrogens with zero attached hydrogens (tertiary/aromatic N) is 1. The first-order chi connectivity index (χ1) is 14.5. The lowest BCUT2D eigenvalue weighted by atomic mass is 10.1. The highest BCUT2D eigenvalue weighted by atomic mass is 79.9. The average Bonchev–Trinajstić information content (AvgIpc) is 3.38. The lowest BCUT2D eigenvalue weighted by Crippen LogP contribution is -2.28. The molecule has 1 unspecified atom stereocenters. The van der Waals surface area contributed by atoms with Crippen molar-refractivity contribution in [3.63, 3.8) is 0 Å². The van der Waals surface area contributed by atoms with Crippen LogP contribution < -0.4 is 15.5 Å². The smallest absolute Gasteiger partial charge is 0.265 e. The summed E-state index contributed by atoms with van der Waals surface area (Å²) in [4.78, 5) is 39.6. The van der Waals surface area contributed by atoms with Crippen molar-refractivity contribution in [1.82, 2.24) is 0 Å². The third kappa shape index (κ3) is 4.60. The highest BCUT2D eigenvalue weighted by molar-refractivity contribution is 9.10. The number of hydrogen-bond acceptors (Lipinski definition) is 4. The van der Waals surface area contributed by atoms with Crippen LogP contribution in [0.4, 0.5) is 17.1 Å². The van der Waals surface area contributed by atoms with Crippen LogP contribution in [-0.4, -0.2) is 24.3 Å². The predicted molar refractivity (Wildman–Crippen MR) is 122 cm³/mol. The van der Waals surface area contributed by atoms with Crippen LogP contribution >= 0.6 is 27.3 Å². The molecule has 3 amide bonds. The first-order valence-corrected chi connectivity index (χ1v) is 11.0. The van der Waals surface area contributed by atoms with Gasteiger partial charge in [-0.15, -0.1) is 11.3 Å². The summed E-state index contributed by atoms with van der Waals surface area (Å²) in [6, 6.07) is 18.0. The third-order valence-corrected chi connectivity index (χ3v) is 6.11. The van der Waals surface area contributed by atoms with Crippen molar-refractivity contribution in [1.29, 1.82) is 0 Å². The maximum atomic E-state index is 12.7. The zero-order valence-corrected chi connectivity index (χ0v) is 18.2. The van der Waals surface area contributed by atoms with Gasteiger partial charge >= 0.3 is 0 Å². The van der Waals surface area contributed by atoms with Crippen molar-refractivity contribution in [2.75, 3.05) is 22.1 Å². The maximum absolute atomic E-state index is 12.7. The zero-order chi connectivity index (χ0) is 21.1. The minimum Gasteiger partial charge on any atom is -0.326 e. The SMILES string of the molecule is O=C(Nc1cccc(NC(=O)C2CC(=O)N(c3cccc(Br)c3)C2)c1)c1cccs1. The van der Waals surface area contributed by atoms with Gasteiger partial charge in [0.25, 0.3) is 5.91 Å². The van der Waals surface area contributed by atoms with Gasteiger partial charge in [-0.25, -0.2) is 0 Å². The van der Waals surface area contributed by atoms with E-state index in [0.717, 1.165) is 10.2 Å². The standard InChI is InChI=1S/C22H18BrN3O3S/c23-15-4-1-7-18(11-15)26-13-14(10-20(26)27)21(28)24-16-5-2-6-17(12-16)25-22(29)19-8-3-9-30-19/h1-9,11-12,14H,10,13H2,(H,24,28)(H,25,29). The van der Waals surface area contributed by atoms with Crippen LogP contribution in [0.25, 0.3) is 0 Å². The monoisotopic (exact) mass is 483 g/mol. The first-order valence-electron chi connectivity index (χ1n) is 9.31. The lowest BCUT2D eigenvalue weighted by molar-refractivity contribution is -0.122. The van der Waals surface area contributed by atoms with E-state index < -0.39 is 5.92 Å². The lowest BCUT2D eigenvalue weighted by Gasteiger charge is -2.17. The van der Waals surface area contributed by atoms with Crippen LogP contribution in [0.2, 0.25) is 0 Å². The first kappa shape index (κ1) is 20.3. The predicted octanol–water partition coefficient (Wildman–Crippen LogP) is 4.75. The van der Waals surface area contributed by atoms with Gasteiger partial charge in [-0.1, -0.05) is 34.1 Å². The summed E-state index contributed by atoms with van der Waals surface area (Å²) in [7, 11) is 0. The van der Waals surface area contributed by atoms with E-state index in [-0.39, 0.29) is 24.1 Å². The van der Waals surface area contributed by atoms with Gasteiger partial charge in [0, 0.05) is 34.5 Å². The maximum Gasteiger partial charge on any atom is 0.265 e. The van der Waals surface area contributed by atoms with Crippen LogP contribution in [0.1, 0.15) is 16.1 Å². The van der Waals surface area contributed by atoms with E-state index in [9.17, 15) is 14.4 Å². The van der Waals surface area contributed by atoms with Crippen molar-refractivity contribution in [2.45, 2.75) is 6.42 Å². The van der Waals surface area contributed by atoms with Crippen molar-refractivity contribution in [2.24, 2.45) is 5.92 Å². The minimum absolute atomic E-state index is 0.0785. The largest absolute Gasteiger partial charge is 0.326 e. The molecule has 1 fully saturated rings. The molecule has 6 nitrogen and oxygen atoms in total. The summed E-state index contributed by atoms with van der Waals surface area (Å²) >= 11 is 4.77. The number of carbonyl (C=O) groups excluding carboxylic acids is 3. The van der Waals surface area contributed by atoms with Crippen LogP contribution in [0.15, 0.2) is 70.5 Å². The van der Waals surface area contributed by atoms with Gasteiger partial charge in [0.2, 0.25) is 11.8 Å². The number of thiophene rings is 1. The molecule has 1 atom stereocenters. The molecular formula is C22H18BrN3O3S. The summed E-state index contributed by atoms with van der Waals surface area (Å²) in [5.74, 6) is -0.937. The number of carbonyl (C=O) groups is 3. The average molecular weight is 484 g/mol. The second-order valence-electron chi connectivity index (χ2n) is 6.89. The number of nitrogens with one attached hydrogen (secondary N) is 2. The molecule has 2 N–H and O–H groups in total. The molecule has 2 aromatic carbocycles. The molecule has 152 valence electrons. The van der Waals surface area contributed by atoms with Crippen molar-refractivity contribution in [3.05, 3.63) is 75.4 Å². The summed E-state index contributed by atoms with van der Waals surface area (Å²) in [5, 5.41) is 7.52. The van der Waals surface area contributed by atoms with Gasteiger partial charge < -0.3 is 15.5 Å². The number of hydrogen-bond donors (Lipinski definition) is 2. The second-order valence-corrected chi connectivity index (χ2v) is 8.75. The fraction of sp³-hybridized carbons (Fsp3) is 0.136. The molecule has 0 saturated carbocycles. The molecular weight excluding hydrogens is 466 g/mol. The van der Waals surface area contributed by atoms with Crippen LogP contribution in [0, 0.1) is 5.92 Å². The van der Waals surface area contributed by atoms with E-state index in [1.54, 1.807) is 35.2 Å². The van der Waals surface area contributed by atoms with Crippen molar-refractivity contribution < 1.29 is 14.4 Å². The molecule has 0 spiro atoms. The van der Waals surface area contributed by atoms with Gasteiger partial charge in [0.1, 0.15) is 0 Å². The molecule has 4 rings (SSSR count). The van der Waals surface area contributed by atoms with E-state index >= 15 is 0 Å². The Hall–Kier alpha value is -2.97. The van der Waals surface area contributed by atoms with E-state index in [1.807, 2.05) is 35.7 Å². The number of amides is 3. The fourth-order valence-corrected chi connectivity index (χ4v) is 4.30. The molecule has 0 aliphatic carbocycles. The summed E-state index contributed by atoms with van der Waals surface area (Å²) in [5.41, 5.74) is 1.92.